The molecule has 0 aliphatic rings. The van der Waals surface area contributed by atoms with E-state index in [0.717, 1.165) is 12.8 Å². The van der Waals surface area contributed by atoms with Crippen LogP contribution in [0.5, 0.6) is 0 Å². The van der Waals surface area contributed by atoms with Crippen molar-refractivity contribution in [3.05, 3.63) is 0 Å². The minimum atomic E-state index is -1.23. The van der Waals surface area contributed by atoms with Gasteiger partial charge in [-0.05, 0) is 33.1 Å². The van der Waals surface area contributed by atoms with Gasteiger partial charge in [0.15, 0.2) is 5.96 Å². The largest absolute Gasteiger partial charge is 0.479 e. The highest BCUT2D eigenvalue weighted by molar-refractivity contribution is 5.84. The van der Waals surface area contributed by atoms with Crippen LogP contribution in [0.25, 0.3) is 0 Å². The van der Waals surface area contributed by atoms with Crippen LogP contribution in [0.4, 0.5) is 0 Å². The Hall–Kier alpha value is -2.36. The third kappa shape index (κ3) is 24.1. The lowest BCUT2D eigenvalue weighted by Gasteiger charge is -2.17. The van der Waals surface area contributed by atoms with E-state index in [-0.39, 0.29) is 18.5 Å². The number of carbonyl (C=O) groups is 3. The van der Waals surface area contributed by atoms with Crippen molar-refractivity contribution in [1.29, 1.82) is 0 Å². The minimum Gasteiger partial charge on any atom is -0.479 e. The van der Waals surface area contributed by atoms with Gasteiger partial charge in [-0.25, -0.2) is 9.59 Å². The summed E-state index contributed by atoms with van der Waals surface area (Å²) in [4.78, 5) is 37.5. The molecule has 0 aromatic heterocycles. The number of amides is 1. The van der Waals surface area contributed by atoms with E-state index >= 15 is 0 Å². The fourth-order valence-corrected chi connectivity index (χ4v) is 2.86. The highest BCUT2D eigenvalue weighted by Crippen LogP contribution is 2.11. The van der Waals surface area contributed by atoms with Crippen molar-refractivity contribution in [3.63, 3.8) is 0 Å². The van der Waals surface area contributed by atoms with Gasteiger partial charge in [0.1, 0.15) is 12.1 Å². The monoisotopic (exact) mass is 474 g/mol. The van der Waals surface area contributed by atoms with E-state index in [0.29, 0.717) is 25.8 Å². The van der Waals surface area contributed by atoms with Gasteiger partial charge in [-0.1, -0.05) is 58.3 Å². The second kappa shape index (κ2) is 22.8. The molecule has 194 valence electrons. The van der Waals surface area contributed by atoms with E-state index < -0.39 is 24.1 Å². The number of hydrogen-bond acceptors (Lipinski definition) is 6. The standard InChI is InChI=1S/C20H40N4O3.C3H6O3/c1-3-5-6-7-8-9-10-11-12-15-18(25)24-17(19(26)27-4-2)14-13-16-23-20(21)22;1-2(4)3(5)6/h17H,3-16H2,1-2H3,(H,24,25)(H4,21,22,23);2,4H,1H3,(H,5,6). The number of rotatable bonds is 18. The topological polar surface area (TPSA) is 177 Å². The maximum atomic E-state index is 12.1. The van der Waals surface area contributed by atoms with Crippen molar-refractivity contribution in [2.24, 2.45) is 16.5 Å². The number of unbranched alkanes of at least 4 members (excludes halogenated alkanes) is 8. The van der Waals surface area contributed by atoms with Crippen LogP contribution in [0.1, 0.15) is 97.8 Å². The molecule has 0 heterocycles. The Labute approximate surface area is 198 Å². The number of aliphatic carboxylic acids is 1. The van der Waals surface area contributed by atoms with Crippen LogP contribution in [-0.2, 0) is 19.1 Å². The van der Waals surface area contributed by atoms with Gasteiger partial charge in [0.2, 0.25) is 5.91 Å². The number of aliphatic hydroxyl groups is 1. The lowest BCUT2D eigenvalue weighted by atomic mass is 10.1. The first-order valence-electron chi connectivity index (χ1n) is 12.1. The Bertz CT molecular complexity index is 551. The van der Waals surface area contributed by atoms with Gasteiger partial charge in [-0.3, -0.25) is 9.79 Å². The first-order valence-corrected chi connectivity index (χ1v) is 12.1. The zero-order chi connectivity index (χ0) is 25.5. The quantitative estimate of drug-likeness (QED) is 0.0870. The van der Waals surface area contributed by atoms with Gasteiger partial charge in [0, 0.05) is 13.0 Å². The number of nitrogens with zero attached hydrogens (tertiary/aromatic N) is 1. The highest BCUT2D eigenvalue weighted by atomic mass is 16.5. The van der Waals surface area contributed by atoms with Crippen LogP contribution in [-0.4, -0.2) is 59.3 Å². The Kier molecular flexibility index (Phi) is 22.7. The first kappa shape index (κ1) is 32.8. The Morgan fingerprint density at radius 3 is 1.91 bits per heavy atom. The summed E-state index contributed by atoms with van der Waals surface area (Å²) in [6, 6.07) is -0.634. The number of aliphatic hydroxyl groups excluding tert-OH is 1. The van der Waals surface area contributed by atoms with Crippen molar-refractivity contribution >= 4 is 23.8 Å². The predicted octanol–water partition coefficient (Wildman–Crippen LogP) is 2.46. The molecule has 10 nitrogen and oxygen atoms in total. The highest BCUT2D eigenvalue weighted by Gasteiger charge is 2.21. The Morgan fingerprint density at radius 2 is 1.45 bits per heavy atom. The molecule has 0 aliphatic carbocycles. The van der Waals surface area contributed by atoms with E-state index in [9.17, 15) is 14.4 Å². The van der Waals surface area contributed by atoms with E-state index in [1.807, 2.05) is 0 Å². The van der Waals surface area contributed by atoms with Crippen LogP contribution in [0, 0.1) is 0 Å². The number of nitrogens with one attached hydrogen (secondary N) is 1. The molecule has 2 atom stereocenters. The van der Waals surface area contributed by atoms with Crippen molar-refractivity contribution < 1.29 is 29.3 Å². The molecule has 10 heteroatoms. The minimum absolute atomic E-state index is 0.0251. The van der Waals surface area contributed by atoms with Crippen LogP contribution in [0.2, 0.25) is 0 Å². The molecule has 0 radical (unpaired) electrons. The fourth-order valence-electron chi connectivity index (χ4n) is 2.86. The summed E-state index contributed by atoms with van der Waals surface area (Å²) < 4.78 is 5.04. The molecule has 1 amide bonds. The molecule has 0 aromatic rings. The van der Waals surface area contributed by atoms with Gasteiger partial charge >= 0.3 is 11.9 Å². The van der Waals surface area contributed by atoms with Gasteiger partial charge in [0.25, 0.3) is 0 Å². The lowest BCUT2D eigenvalue weighted by molar-refractivity contribution is -0.147. The molecule has 0 rings (SSSR count). The molecule has 2 unspecified atom stereocenters. The van der Waals surface area contributed by atoms with Crippen molar-refractivity contribution in [2.45, 2.75) is 110 Å². The molecule has 7 N–H and O–H groups in total. The van der Waals surface area contributed by atoms with E-state index in [2.05, 4.69) is 17.2 Å². The summed E-state index contributed by atoms with van der Waals surface area (Å²) in [5.41, 5.74) is 10.6. The van der Waals surface area contributed by atoms with Crippen LogP contribution < -0.4 is 16.8 Å². The van der Waals surface area contributed by atoms with Crippen molar-refractivity contribution in [3.8, 4) is 0 Å². The van der Waals surface area contributed by atoms with Gasteiger partial charge in [0.05, 0.1) is 6.61 Å². The number of guanidine groups is 1. The number of esters is 1. The molecule has 0 saturated heterocycles. The molecule has 0 spiro atoms. The first-order chi connectivity index (χ1) is 15.6. The summed E-state index contributed by atoms with van der Waals surface area (Å²) >= 11 is 0. The van der Waals surface area contributed by atoms with Crippen molar-refractivity contribution in [1.82, 2.24) is 5.32 Å². The maximum absolute atomic E-state index is 12.1. The van der Waals surface area contributed by atoms with Gasteiger partial charge < -0.3 is 31.7 Å². The number of carboxylic acids is 1. The second-order valence-corrected chi connectivity index (χ2v) is 7.91. The average molecular weight is 475 g/mol. The van der Waals surface area contributed by atoms with E-state index in [4.69, 9.17) is 26.4 Å². The van der Waals surface area contributed by atoms with Gasteiger partial charge in [-0.15, -0.1) is 0 Å². The number of carbonyl (C=O) groups excluding carboxylic acids is 2. The third-order valence-corrected chi connectivity index (χ3v) is 4.72. The Morgan fingerprint density at radius 1 is 0.939 bits per heavy atom. The van der Waals surface area contributed by atoms with Crippen molar-refractivity contribution in [2.75, 3.05) is 13.2 Å². The zero-order valence-electron chi connectivity index (χ0n) is 20.7. The molecule has 0 aromatic carbocycles. The van der Waals surface area contributed by atoms with Crippen LogP contribution in [0.15, 0.2) is 4.99 Å². The Balaban J connectivity index is 0. The number of hydrogen-bond donors (Lipinski definition) is 5. The van der Waals surface area contributed by atoms with Gasteiger partial charge in [-0.2, -0.15) is 0 Å². The van der Waals surface area contributed by atoms with E-state index in [1.54, 1.807) is 6.92 Å². The summed E-state index contributed by atoms with van der Waals surface area (Å²) in [5, 5.41) is 18.6. The average Bonchev–Trinajstić information content (AvgIpc) is 2.75. The van der Waals surface area contributed by atoms with Crippen LogP contribution in [0.3, 0.4) is 0 Å². The normalized spacial score (nSPS) is 12.0. The summed E-state index contributed by atoms with van der Waals surface area (Å²) in [6.07, 6.45) is 11.1. The smallest absolute Gasteiger partial charge is 0.332 e. The molecule has 0 aliphatic heterocycles. The van der Waals surface area contributed by atoms with E-state index in [1.165, 1.54) is 51.9 Å². The third-order valence-electron chi connectivity index (χ3n) is 4.72. The molecule has 0 saturated carbocycles. The second-order valence-electron chi connectivity index (χ2n) is 7.91. The van der Waals surface area contributed by atoms with Crippen LogP contribution >= 0.6 is 0 Å². The molecule has 0 fully saturated rings. The fraction of sp³-hybridized carbons (Fsp3) is 0.826. The number of nitrogens with two attached hydrogens (primary N) is 2. The molecule has 33 heavy (non-hydrogen) atoms. The summed E-state index contributed by atoms with van der Waals surface area (Å²) in [6.45, 7) is 5.88. The summed E-state index contributed by atoms with van der Waals surface area (Å²) in [7, 11) is 0. The number of aliphatic imine (C=N–C) groups is 1. The molecule has 0 bridgehead atoms. The SMILES string of the molecule is CC(O)C(=O)O.CCCCCCCCCCCC(=O)NC(CCCN=C(N)N)C(=O)OCC. The lowest BCUT2D eigenvalue weighted by Crippen LogP contribution is -2.42. The number of ether oxygens (including phenoxy) is 1. The summed E-state index contributed by atoms with van der Waals surface area (Å²) in [5.74, 6) is -1.66. The predicted molar refractivity (Wildman–Crippen MR) is 130 cm³/mol. The number of carboxylic acid groups (broad SMARTS) is 1. The maximum Gasteiger partial charge on any atom is 0.332 e. The molecular formula is C23H46N4O6. The molecular weight excluding hydrogens is 428 g/mol. The zero-order valence-corrected chi connectivity index (χ0v) is 20.7.